The van der Waals surface area contributed by atoms with Crippen LogP contribution in [0.3, 0.4) is 0 Å². The number of fused-ring (bicyclic) bond motifs is 3. The zero-order valence-corrected chi connectivity index (χ0v) is 18.0. The van der Waals surface area contributed by atoms with E-state index in [1.165, 1.54) is 36.0 Å². The lowest BCUT2D eigenvalue weighted by atomic mass is 9.88. The number of anilines is 2. The molecule has 7 rings (SSSR count). The first kappa shape index (κ1) is 17.8. The summed E-state index contributed by atoms with van der Waals surface area (Å²) >= 11 is 0. The largest absolute Gasteiger partial charge is 0.371 e. The third-order valence-corrected chi connectivity index (χ3v) is 8.73. The van der Waals surface area contributed by atoms with Crippen LogP contribution in [0.1, 0.15) is 16.8 Å². The quantitative estimate of drug-likeness (QED) is 0.618. The molecule has 31 heavy (non-hydrogen) atoms. The molecule has 0 saturated carbocycles. The molecule has 4 aliphatic rings. The van der Waals surface area contributed by atoms with Crippen molar-refractivity contribution < 1.29 is 4.21 Å². The summed E-state index contributed by atoms with van der Waals surface area (Å²) in [7, 11) is -1.07. The van der Waals surface area contributed by atoms with Gasteiger partial charge in [0.1, 0.15) is 17.6 Å². The number of nitrogens with zero attached hydrogens (tertiary/aromatic N) is 7. The molecule has 0 spiro atoms. The first-order valence-corrected chi connectivity index (χ1v) is 12.3. The molecule has 0 bridgehead atoms. The Kier molecular flexibility index (Phi) is 3.79. The van der Waals surface area contributed by atoms with E-state index >= 15 is 0 Å². The Morgan fingerprint density at radius 1 is 0.935 bits per heavy atom. The van der Waals surface area contributed by atoms with Crippen LogP contribution < -0.4 is 9.80 Å². The van der Waals surface area contributed by atoms with Crippen LogP contribution in [0.15, 0.2) is 35.7 Å². The fraction of sp³-hybridized carbons (Fsp3) is 0.455. The maximum atomic E-state index is 12.5. The predicted octanol–water partition coefficient (Wildman–Crippen LogP) is 1.39. The Morgan fingerprint density at radius 2 is 1.74 bits per heavy atom. The smallest absolute Gasteiger partial charge is 0.227 e. The molecule has 9 heteroatoms. The normalized spacial score (nSPS) is 26.0. The monoisotopic (exact) mass is 433 g/mol. The summed E-state index contributed by atoms with van der Waals surface area (Å²) in [4.78, 5) is 19.3. The topological polar surface area (TPSA) is 80.0 Å². The van der Waals surface area contributed by atoms with Crippen LogP contribution in [0.4, 0.5) is 11.6 Å². The van der Waals surface area contributed by atoms with Crippen LogP contribution in [0.2, 0.25) is 0 Å². The van der Waals surface area contributed by atoms with E-state index in [0.717, 1.165) is 49.1 Å². The van der Waals surface area contributed by atoms with Gasteiger partial charge in [-0.3, -0.25) is 4.21 Å². The van der Waals surface area contributed by atoms with Crippen LogP contribution >= 0.6 is 0 Å². The van der Waals surface area contributed by atoms with E-state index < -0.39 is 10.8 Å². The molecule has 0 unspecified atom stereocenters. The number of benzene rings is 1. The summed E-state index contributed by atoms with van der Waals surface area (Å²) in [5.74, 6) is 3.20. The Hall–Kier alpha value is -2.81. The molecule has 8 nitrogen and oxygen atoms in total. The number of aryl methyl sites for hydroxylation is 3. The van der Waals surface area contributed by atoms with Crippen molar-refractivity contribution in [1.82, 2.24) is 24.7 Å². The van der Waals surface area contributed by atoms with Crippen LogP contribution in [-0.2, 0) is 30.1 Å². The SMILES string of the molecule is O=[S@@]1CCc2nc(N3C[C@H]4CN(c5ccc6c(c5)CC6)C[C@H]4C3)nc(-n3cncn3)c21. The van der Waals surface area contributed by atoms with E-state index in [1.54, 1.807) is 11.0 Å². The summed E-state index contributed by atoms with van der Waals surface area (Å²) in [5, 5.41) is 4.24. The van der Waals surface area contributed by atoms with Gasteiger partial charge in [-0.1, -0.05) is 6.07 Å². The zero-order valence-electron chi connectivity index (χ0n) is 17.1. The molecular weight excluding hydrogens is 410 g/mol. The second kappa shape index (κ2) is 6.59. The molecule has 1 aliphatic carbocycles. The van der Waals surface area contributed by atoms with E-state index in [0.29, 0.717) is 23.4 Å². The van der Waals surface area contributed by atoms with Gasteiger partial charge in [-0.2, -0.15) is 10.1 Å². The van der Waals surface area contributed by atoms with Gasteiger partial charge >= 0.3 is 0 Å². The van der Waals surface area contributed by atoms with Crippen molar-refractivity contribution in [3.63, 3.8) is 0 Å². The minimum Gasteiger partial charge on any atom is -0.371 e. The van der Waals surface area contributed by atoms with E-state index in [-0.39, 0.29) is 0 Å². The maximum Gasteiger partial charge on any atom is 0.227 e. The van der Waals surface area contributed by atoms with Crippen molar-refractivity contribution >= 4 is 22.4 Å². The Morgan fingerprint density at radius 3 is 2.45 bits per heavy atom. The van der Waals surface area contributed by atoms with Gasteiger partial charge < -0.3 is 9.80 Å². The van der Waals surface area contributed by atoms with Crippen molar-refractivity contribution in [1.29, 1.82) is 0 Å². The lowest BCUT2D eigenvalue weighted by molar-refractivity contribution is 0.533. The number of aromatic nitrogens is 5. The third-order valence-electron chi connectivity index (χ3n) is 7.28. The van der Waals surface area contributed by atoms with Crippen LogP contribution in [0.5, 0.6) is 0 Å². The highest BCUT2D eigenvalue weighted by Crippen LogP contribution is 2.38. The highest BCUT2D eigenvalue weighted by Gasteiger charge is 2.42. The second-order valence-corrected chi connectivity index (χ2v) is 10.6. The minimum atomic E-state index is -1.07. The van der Waals surface area contributed by atoms with Gasteiger partial charge in [0.2, 0.25) is 5.95 Å². The average Bonchev–Trinajstić information content (AvgIpc) is 3.52. The first-order chi connectivity index (χ1) is 15.2. The summed E-state index contributed by atoms with van der Waals surface area (Å²) in [6.07, 6.45) is 6.30. The second-order valence-electron chi connectivity index (χ2n) is 9.05. The van der Waals surface area contributed by atoms with Crippen molar-refractivity contribution in [2.75, 3.05) is 41.7 Å². The fourth-order valence-electron chi connectivity index (χ4n) is 5.52. The van der Waals surface area contributed by atoms with Gasteiger partial charge in [-0.15, -0.1) is 0 Å². The summed E-state index contributed by atoms with van der Waals surface area (Å²) in [6.45, 7) is 4.10. The first-order valence-electron chi connectivity index (χ1n) is 11.0. The predicted molar refractivity (Wildman–Crippen MR) is 117 cm³/mol. The Balaban J connectivity index is 1.15. The number of hydrogen-bond acceptors (Lipinski definition) is 7. The van der Waals surface area contributed by atoms with Crippen LogP contribution in [0.25, 0.3) is 5.82 Å². The molecule has 5 heterocycles. The third kappa shape index (κ3) is 2.75. The van der Waals surface area contributed by atoms with E-state index in [4.69, 9.17) is 9.97 Å². The zero-order chi connectivity index (χ0) is 20.5. The van der Waals surface area contributed by atoms with Gasteiger partial charge in [-0.25, -0.2) is 14.6 Å². The molecule has 0 amide bonds. The van der Waals surface area contributed by atoms with E-state index in [9.17, 15) is 4.21 Å². The van der Waals surface area contributed by atoms with Crippen molar-refractivity contribution in [3.8, 4) is 5.82 Å². The summed E-state index contributed by atoms with van der Waals surface area (Å²) < 4.78 is 14.2. The van der Waals surface area contributed by atoms with Crippen LogP contribution in [0, 0.1) is 11.8 Å². The molecule has 0 N–H and O–H groups in total. The van der Waals surface area contributed by atoms with Gasteiger partial charge in [0.15, 0.2) is 5.82 Å². The standard InChI is InChI=1S/C22H23N7OS/c30-31-6-5-19-20(31)21(29-13-23-12-24-29)26-22(25-19)28-10-16-8-27(9-17(16)11-28)18-4-3-14-1-2-15(14)7-18/h3-4,7,12-13,16-17H,1-2,5-6,8-11H2/t16-,17+,31-/m1/s1. The summed E-state index contributed by atoms with van der Waals surface area (Å²) in [6, 6.07) is 7.00. The Labute approximate surface area is 182 Å². The van der Waals surface area contributed by atoms with Crippen molar-refractivity contribution in [2.24, 2.45) is 11.8 Å². The highest BCUT2D eigenvalue weighted by atomic mass is 32.2. The van der Waals surface area contributed by atoms with Crippen LogP contribution in [-0.4, -0.2) is 60.9 Å². The van der Waals surface area contributed by atoms with E-state index in [1.807, 2.05) is 0 Å². The molecular formula is C22H23N7OS. The highest BCUT2D eigenvalue weighted by molar-refractivity contribution is 7.85. The molecule has 3 aliphatic heterocycles. The lowest BCUT2D eigenvalue weighted by Gasteiger charge is -2.26. The molecule has 3 atom stereocenters. The summed E-state index contributed by atoms with van der Waals surface area (Å²) in [5.41, 5.74) is 5.33. The molecule has 1 aromatic carbocycles. The molecule has 2 aromatic heterocycles. The van der Waals surface area contributed by atoms with Gasteiger partial charge in [0, 0.05) is 55.9 Å². The minimum absolute atomic E-state index is 0.607. The Bertz CT molecular complexity index is 1200. The molecule has 2 saturated heterocycles. The van der Waals surface area contributed by atoms with Crippen molar-refractivity contribution in [3.05, 3.63) is 47.7 Å². The lowest BCUT2D eigenvalue weighted by Crippen LogP contribution is -2.30. The number of hydrogen-bond donors (Lipinski definition) is 0. The molecule has 0 radical (unpaired) electrons. The van der Waals surface area contributed by atoms with Crippen molar-refractivity contribution in [2.45, 2.75) is 24.2 Å². The maximum absolute atomic E-state index is 12.5. The number of rotatable bonds is 3. The molecule has 2 fully saturated rings. The van der Waals surface area contributed by atoms with E-state index in [2.05, 4.69) is 38.1 Å². The molecule has 3 aromatic rings. The molecule has 158 valence electrons. The fourth-order valence-corrected chi connectivity index (χ4v) is 6.86. The van der Waals surface area contributed by atoms with Gasteiger partial charge in [-0.05, 0) is 36.1 Å². The average molecular weight is 434 g/mol. The van der Waals surface area contributed by atoms with Gasteiger partial charge in [0.25, 0.3) is 0 Å². The van der Waals surface area contributed by atoms with Gasteiger partial charge in [0.05, 0.1) is 16.5 Å².